The molecule has 0 aromatic carbocycles. The number of rotatable bonds is 3. The van der Waals surface area contributed by atoms with Crippen LogP contribution >= 0.6 is 0 Å². The van der Waals surface area contributed by atoms with Crippen LogP contribution in [0.2, 0.25) is 0 Å². The molecule has 0 amide bonds. The van der Waals surface area contributed by atoms with Crippen LogP contribution in [0.5, 0.6) is 0 Å². The van der Waals surface area contributed by atoms with Crippen molar-refractivity contribution < 1.29 is 9.53 Å². The summed E-state index contributed by atoms with van der Waals surface area (Å²) in [6, 6.07) is 5.50. The van der Waals surface area contributed by atoms with Gasteiger partial charge >= 0.3 is 5.97 Å². The van der Waals surface area contributed by atoms with Crippen molar-refractivity contribution in [3.05, 3.63) is 35.7 Å². The Hall–Kier alpha value is -2.61. The zero-order valence-electron chi connectivity index (χ0n) is 9.80. The van der Waals surface area contributed by atoms with Crippen molar-refractivity contribution in [1.82, 2.24) is 9.97 Å². The Morgan fingerprint density at radius 3 is 3.22 bits per heavy atom. The Morgan fingerprint density at radius 2 is 2.50 bits per heavy atom. The third-order valence-corrected chi connectivity index (χ3v) is 2.40. The number of carbonyl (C=O) groups excluding carboxylic acids is 1. The molecule has 0 saturated carbocycles. The number of esters is 1. The Labute approximate surface area is 104 Å². The van der Waals surface area contributed by atoms with Gasteiger partial charge in [-0.25, -0.2) is 9.78 Å². The average Bonchev–Trinajstić information content (AvgIpc) is 2.79. The van der Waals surface area contributed by atoms with Gasteiger partial charge in [-0.05, 0) is 25.1 Å². The molecule has 0 saturated heterocycles. The quantitative estimate of drug-likeness (QED) is 0.506. The van der Waals surface area contributed by atoms with E-state index in [1.807, 2.05) is 12.1 Å². The molecule has 0 bridgehead atoms. The first-order valence-corrected chi connectivity index (χ1v) is 5.47. The van der Waals surface area contributed by atoms with Crippen molar-refractivity contribution in [3.63, 3.8) is 0 Å². The monoisotopic (exact) mass is 241 g/mol. The minimum Gasteiger partial charge on any atom is -0.462 e. The number of nitriles is 1. The smallest absolute Gasteiger partial charge is 0.348 e. The minimum atomic E-state index is -0.613. The largest absolute Gasteiger partial charge is 0.462 e. The lowest BCUT2D eigenvalue weighted by Crippen LogP contribution is -2.05. The fraction of sp³-hybridized carbons (Fsp3) is 0.154. The van der Waals surface area contributed by atoms with Crippen LogP contribution in [-0.2, 0) is 9.53 Å². The maximum absolute atomic E-state index is 11.5. The molecule has 2 rings (SSSR count). The molecule has 0 spiro atoms. The van der Waals surface area contributed by atoms with Crippen LogP contribution < -0.4 is 0 Å². The van der Waals surface area contributed by atoms with Crippen LogP contribution in [-0.4, -0.2) is 22.5 Å². The summed E-state index contributed by atoms with van der Waals surface area (Å²) in [6.07, 6.45) is 4.87. The minimum absolute atomic E-state index is 0.0263. The molecular formula is C13H11N3O2. The van der Waals surface area contributed by atoms with E-state index < -0.39 is 5.97 Å². The molecule has 0 aliphatic heterocycles. The number of aromatic nitrogens is 2. The average molecular weight is 241 g/mol. The number of nitrogens with zero attached hydrogens (tertiary/aromatic N) is 2. The van der Waals surface area contributed by atoms with Crippen molar-refractivity contribution in [1.29, 1.82) is 5.26 Å². The molecule has 0 unspecified atom stereocenters. The summed E-state index contributed by atoms with van der Waals surface area (Å²) >= 11 is 0. The van der Waals surface area contributed by atoms with E-state index in [2.05, 4.69) is 9.97 Å². The second kappa shape index (κ2) is 5.15. The first kappa shape index (κ1) is 11.9. The number of pyridine rings is 1. The maximum Gasteiger partial charge on any atom is 0.348 e. The number of hydrogen-bond donors (Lipinski definition) is 1. The normalized spacial score (nSPS) is 11.2. The summed E-state index contributed by atoms with van der Waals surface area (Å²) in [5, 5.41) is 9.81. The van der Waals surface area contributed by atoms with Crippen LogP contribution in [0, 0.1) is 11.3 Å². The van der Waals surface area contributed by atoms with Crippen LogP contribution in [0.1, 0.15) is 12.5 Å². The summed E-state index contributed by atoms with van der Waals surface area (Å²) in [5.41, 5.74) is 1.43. The van der Waals surface area contributed by atoms with E-state index in [1.54, 1.807) is 25.4 Å². The molecule has 1 N–H and O–H groups in total. The molecule has 0 atom stereocenters. The van der Waals surface area contributed by atoms with Crippen molar-refractivity contribution in [2.45, 2.75) is 6.92 Å². The molecule has 90 valence electrons. The Kier molecular flexibility index (Phi) is 3.39. The highest BCUT2D eigenvalue weighted by atomic mass is 16.5. The van der Waals surface area contributed by atoms with Gasteiger partial charge in [-0.3, -0.25) is 0 Å². The van der Waals surface area contributed by atoms with Gasteiger partial charge in [-0.2, -0.15) is 5.26 Å². The number of H-pyrrole nitrogens is 1. The van der Waals surface area contributed by atoms with Gasteiger partial charge in [0.05, 0.1) is 6.61 Å². The lowest BCUT2D eigenvalue weighted by Gasteiger charge is -1.98. The van der Waals surface area contributed by atoms with Gasteiger partial charge in [-0.15, -0.1) is 0 Å². The van der Waals surface area contributed by atoms with Crippen LogP contribution in [0.25, 0.3) is 17.1 Å². The maximum atomic E-state index is 11.5. The second-order valence-corrected chi connectivity index (χ2v) is 3.53. The predicted octanol–water partition coefficient (Wildman–Crippen LogP) is 2.03. The third-order valence-electron chi connectivity index (χ3n) is 2.40. The van der Waals surface area contributed by atoms with E-state index in [4.69, 9.17) is 10.00 Å². The highest BCUT2D eigenvalue weighted by Crippen LogP contribution is 2.18. The van der Waals surface area contributed by atoms with E-state index in [0.717, 1.165) is 10.9 Å². The van der Waals surface area contributed by atoms with Crippen LogP contribution in [0.15, 0.2) is 30.1 Å². The number of carbonyl (C=O) groups is 1. The van der Waals surface area contributed by atoms with Gasteiger partial charge in [0.15, 0.2) is 0 Å². The number of aromatic amines is 1. The molecule has 5 heteroatoms. The van der Waals surface area contributed by atoms with Gasteiger partial charge in [0, 0.05) is 23.3 Å². The lowest BCUT2D eigenvalue weighted by molar-refractivity contribution is -0.137. The van der Waals surface area contributed by atoms with Gasteiger partial charge < -0.3 is 9.72 Å². The fourth-order valence-corrected chi connectivity index (χ4v) is 1.60. The van der Waals surface area contributed by atoms with E-state index >= 15 is 0 Å². The summed E-state index contributed by atoms with van der Waals surface area (Å²) < 4.78 is 4.80. The highest BCUT2D eigenvalue weighted by Gasteiger charge is 2.11. The summed E-state index contributed by atoms with van der Waals surface area (Å²) in [7, 11) is 0. The second-order valence-electron chi connectivity index (χ2n) is 3.53. The molecule has 0 aliphatic rings. The summed E-state index contributed by atoms with van der Waals surface area (Å²) in [4.78, 5) is 18.6. The predicted molar refractivity (Wildman–Crippen MR) is 66.3 cm³/mol. The van der Waals surface area contributed by atoms with Crippen molar-refractivity contribution in [2.24, 2.45) is 0 Å². The molecule has 18 heavy (non-hydrogen) atoms. The molecule has 2 heterocycles. The molecular weight excluding hydrogens is 230 g/mol. The van der Waals surface area contributed by atoms with E-state index in [-0.39, 0.29) is 12.2 Å². The van der Waals surface area contributed by atoms with Crippen LogP contribution in [0.3, 0.4) is 0 Å². The molecule has 0 fully saturated rings. The van der Waals surface area contributed by atoms with E-state index in [9.17, 15) is 4.79 Å². The SMILES string of the molecule is CCOC(=O)/C(C#N)=C\c1c[nH]c2ncccc12. The molecule has 5 nitrogen and oxygen atoms in total. The zero-order chi connectivity index (χ0) is 13.0. The molecule has 0 aliphatic carbocycles. The molecule has 2 aromatic rings. The zero-order valence-corrected chi connectivity index (χ0v) is 9.80. The number of fused-ring (bicyclic) bond motifs is 1. The van der Waals surface area contributed by atoms with Gasteiger partial charge in [0.2, 0.25) is 0 Å². The van der Waals surface area contributed by atoms with Crippen molar-refractivity contribution >= 4 is 23.1 Å². The topological polar surface area (TPSA) is 78.8 Å². The summed E-state index contributed by atoms with van der Waals surface area (Å²) in [5.74, 6) is -0.613. The first-order chi connectivity index (χ1) is 8.76. The Balaban J connectivity index is 2.42. The van der Waals surface area contributed by atoms with Crippen LogP contribution in [0.4, 0.5) is 0 Å². The van der Waals surface area contributed by atoms with Gasteiger partial charge in [0.1, 0.15) is 17.3 Å². The number of ether oxygens (including phenoxy) is 1. The number of hydrogen-bond acceptors (Lipinski definition) is 4. The standard InChI is InChI=1S/C13H11N3O2/c1-2-18-13(17)9(7-14)6-10-8-16-12-11(10)4-3-5-15-12/h3-6,8H,2H2,1H3,(H,15,16)/b9-6-. The van der Waals surface area contributed by atoms with Crippen molar-refractivity contribution in [2.75, 3.05) is 6.61 Å². The van der Waals surface area contributed by atoms with Gasteiger partial charge in [-0.1, -0.05) is 0 Å². The third kappa shape index (κ3) is 2.23. The highest BCUT2D eigenvalue weighted by molar-refractivity contribution is 6.00. The Bertz CT molecular complexity index is 650. The van der Waals surface area contributed by atoms with E-state index in [1.165, 1.54) is 6.08 Å². The Morgan fingerprint density at radius 1 is 1.67 bits per heavy atom. The molecule has 2 aromatic heterocycles. The summed E-state index contributed by atoms with van der Waals surface area (Å²) in [6.45, 7) is 1.94. The lowest BCUT2D eigenvalue weighted by atomic mass is 10.1. The van der Waals surface area contributed by atoms with E-state index in [0.29, 0.717) is 5.65 Å². The molecule has 0 radical (unpaired) electrons. The van der Waals surface area contributed by atoms with Gasteiger partial charge in [0.25, 0.3) is 0 Å². The number of nitrogens with one attached hydrogen (secondary N) is 1. The first-order valence-electron chi connectivity index (χ1n) is 5.47. The van der Waals surface area contributed by atoms with Crippen molar-refractivity contribution in [3.8, 4) is 6.07 Å². The fourth-order valence-electron chi connectivity index (χ4n) is 1.60.